The van der Waals surface area contributed by atoms with E-state index in [-0.39, 0.29) is 31.1 Å². The van der Waals surface area contributed by atoms with E-state index in [0.717, 1.165) is 109 Å². The van der Waals surface area contributed by atoms with E-state index in [0.29, 0.717) is 19.3 Å². The quantitative estimate of drug-likeness (QED) is 0.0261. The largest absolute Gasteiger partial charge is 0.462 e. The van der Waals surface area contributed by atoms with Gasteiger partial charge in [0.15, 0.2) is 6.10 Å². The van der Waals surface area contributed by atoms with Gasteiger partial charge >= 0.3 is 17.9 Å². The van der Waals surface area contributed by atoms with Gasteiger partial charge in [0, 0.05) is 19.3 Å². The number of ether oxygens (including phenoxy) is 3. The van der Waals surface area contributed by atoms with Crippen molar-refractivity contribution in [1.29, 1.82) is 0 Å². The Bertz CT molecular complexity index is 1380. The van der Waals surface area contributed by atoms with Crippen molar-refractivity contribution in [2.75, 3.05) is 13.2 Å². The Labute approximate surface area is 445 Å². The summed E-state index contributed by atoms with van der Waals surface area (Å²) in [7, 11) is 0. The Kier molecular flexibility index (Phi) is 57.3. The Morgan fingerprint density at radius 2 is 0.542 bits per heavy atom. The van der Waals surface area contributed by atoms with Gasteiger partial charge in [-0.25, -0.2) is 0 Å². The van der Waals surface area contributed by atoms with E-state index in [2.05, 4.69) is 106 Å². The number of hydrogen-bond acceptors (Lipinski definition) is 6. The van der Waals surface area contributed by atoms with E-state index >= 15 is 0 Å². The summed E-state index contributed by atoms with van der Waals surface area (Å²) in [6.45, 7) is 6.53. The minimum atomic E-state index is -0.777. The molecule has 0 saturated carbocycles. The zero-order valence-electron chi connectivity index (χ0n) is 47.4. The molecule has 6 heteroatoms. The zero-order chi connectivity index (χ0) is 52.2. The van der Waals surface area contributed by atoms with Gasteiger partial charge < -0.3 is 14.2 Å². The molecule has 0 amide bonds. The maximum atomic E-state index is 12.8. The monoisotopic (exact) mass is 1000 g/mol. The molecule has 0 N–H and O–H groups in total. The van der Waals surface area contributed by atoms with E-state index in [1.807, 2.05) is 0 Å². The number of esters is 3. The van der Waals surface area contributed by atoms with Gasteiger partial charge in [-0.3, -0.25) is 14.4 Å². The van der Waals surface area contributed by atoms with Crippen LogP contribution < -0.4 is 0 Å². The van der Waals surface area contributed by atoms with Crippen molar-refractivity contribution in [2.24, 2.45) is 0 Å². The fourth-order valence-electron chi connectivity index (χ4n) is 8.60. The van der Waals surface area contributed by atoms with Gasteiger partial charge in [0.25, 0.3) is 0 Å². The molecule has 0 aromatic heterocycles. The highest BCUT2D eigenvalue weighted by Gasteiger charge is 2.19. The average molecular weight is 1000 g/mol. The van der Waals surface area contributed by atoms with E-state index in [1.54, 1.807) is 0 Å². The van der Waals surface area contributed by atoms with Crippen LogP contribution in [0.3, 0.4) is 0 Å². The lowest BCUT2D eigenvalue weighted by atomic mass is 10.0. The summed E-state index contributed by atoms with van der Waals surface area (Å²) >= 11 is 0. The molecule has 6 nitrogen and oxygen atoms in total. The van der Waals surface area contributed by atoms with E-state index in [9.17, 15) is 14.4 Å². The summed E-state index contributed by atoms with van der Waals surface area (Å²) in [5.74, 6) is -0.877. The van der Waals surface area contributed by atoms with Crippen molar-refractivity contribution in [1.82, 2.24) is 0 Å². The first-order chi connectivity index (χ1) is 35.5. The molecule has 414 valence electrons. The standard InChI is InChI=1S/C66H114O6/c1-4-7-10-13-16-19-22-24-26-27-28-29-30-31-32-33-34-35-36-37-38-39-40-42-44-47-50-53-56-59-65(68)71-62-63(61-70-64(67)58-55-52-49-46-43-21-18-15-12-9-6-3)72-66(69)60-57-54-51-48-45-41-25-23-20-17-14-11-8-5-2/h7,10,16,19,24,26,28-29,31-32,34-35,37-38,63H,4-6,8-9,11-15,17-18,20-23,25,27,30,33,36,39-62H2,1-3H3/b10-7-,19-16-,26-24-,29-28-,32-31-,35-34-,38-37-. The smallest absolute Gasteiger partial charge is 0.306 e. The molecular formula is C66H114O6. The lowest BCUT2D eigenvalue weighted by molar-refractivity contribution is -0.167. The maximum absolute atomic E-state index is 12.8. The first-order valence-corrected chi connectivity index (χ1v) is 30.6. The van der Waals surface area contributed by atoms with Crippen molar-refractivity contribution >= 4 is 17.9 Å². The highest BCUT2D eigenvalue weighted by Crippen LogP contribution is 2.16. The molecule has 1 unspecified atom stereocenters. The van der Waals surface area contributed by atoms with E-state index in [4.69, 9.17) is 14.2 Å². The Hall–Kier alpha value is -3.41. The lowest BCUT2D eigenvalue weighted by Crippen LogP contribution is -2.30. The van der Waals surface area contributed by atoms with Crippen LogP contribution in [0, 0.1) is 0 Å². The van der Waals surface area contributed by atoms with Gasteiger partial charge in [0.1, 0.15) is 13.2 Å². The van der Waals surface area contributed by atoms with E-state index < -0.39 is 6.10 Å². The molecule has 0 radical (unpaired) electrons. The number of rotatable bonds is 55. The van der Waals surface area contributed by atoms with Crippen LogP contribution in [0.1, 0.15) is 297 Å². The number of carbonyl (C=O) groups excluding carboxylic acids is 3. The molecule has 0 aliphatic rings. The van der Waals surface area contributed by atoms with Gasteiger partial charge in [-0.2, -0.15) is 0 Å². The van der Waals surface area contributed by atoms with Crippen LogP contribution in [0.4, 0.5) is 0 Å². The molecule has 0 aliphatic heterocycles. The molecule has 0 bridgehead atoms. The summed E-state index contributed by atoms with van der Waals surface area (Å²) in [6, 6.07) is 0. The van der Waals surface area contributed by atoms with Crippen LogP contribution in [0.2, 0.25) is 0 Å². The van der Waals surface area contributed by atoms with Crippen molar-refractivity contribution in [2.45, 2.75) is 303 Å². The minimum absolute atomic E-state index is 0.0755. The Morgan fingerprint density at radius 1 is 0.292 bits per heavy atom. The highest BCUT2D eigenvalue weighted by atomic mass is 16.6. The molecule has 0 aliphatic carbocycles. The summed E-state index contributed by atoms with van der Waals surface area (Å²) in [5.41, 5.74) is 0. The summed E-state index contributed by atoms with van der Waals surface area (Å²) in [5, 5.41) is 0. The lowest BCUT2D eigenvalue weighted by Gasteiger charge is -2.18. The summed E-state index contributed by atoms with van der Waals surface area (Å²) in [6.07, 6.45) is 78.7. The van der Waals surface area contributed by atoms with Crippen LogP contribution in [-0.4, -0.2) is 37.2 Å². The molecule has 72 heavy (non-hydrogen) atoms. The second-order valence-corrected chi connectivity index (χ2v) is 20.2. The number of hydrogen-bond donors (Lipinski definition) is 0. The molecule has 0 heterocycles. The highest BCUT2D eigenvalue weighted by molar-refractivity contribution is 5.71. The average Bonchev–Trinajstić information content (AvgIpc) is 3.38. The van der Waals surface area contributed by atoms with E-state index in [1.165, 1.54) is 148 Å². The summed E-state index contributed by atoms with van der Waals surface area (Å²) < 4.78 is 16.9. The fourth-order valence-corrected chi connectivity index (χ4v) is 8.60. The number of unbranched alkanes of at least 4 members (excludes halogenated alkanes) is 30. The van der Waals surface area contributed by atoms with Gasteiger partial charge in [0.2, 0.25) is 0 Å². The van der Waals surface area contributed by atoms with Gasteiger partial charge in [-0.05, 0) is 77.0 Å². The van der Waals surface area contributed by atoms with Gasteiger partial charge in [0.05, 0.1) is 0 Å². The maximum Gasteiger partial charge on any atom is 0.306 e. The Morgan fingerprint density at radius 3 is 0.847 bits per heavy atom. The third kappa shape index (κ3) is 57.5. The predicted octanol–water partition coefficient (Wildman–Crippen LogP) is 20.7. The number of carbonyl (C=O) groups is 3. The van der Waals surface area contributed by atoms with Gasteiger partial charge in [-0.1, -0.05) is 286 Å². The third-order valence-electron chi connectivity index (χ3n) is 13.2. The fraction of sp³-hybridized carbons (Fsp3) is 0.742. The number of allylic oxidation sites excluding steroid dienone is 14. The Balaban J connectivity index is 4.25. The SMILES string of the molecule is CC/C=C\C/C=C\C/C=C\C/C=C\C/C=C\C/C=C\C/C=C\CCCCCCCCCC(=O)OCC(COC(=O)CCCCCCCCCCCCC)OC(=O)CCCCCCCCCCCCCCCC. The van der Waals surface area contributed by atoms with Crippen LogP contribution in [0.5, 0.6) is 0 Å². The molecule has 0 aromatic carbocycles. The first kappa shape index (κ1) is 68.6. The van der Waals surface area contributed by atoms with Crippen molar-refractivity contribution in [3.05, 3.63) is 85.1 Å². The van der Waals surface area contributed by atoms with Crippen LogP contribution in [0.25, 0.3) is 0 Å². The second kappa shape index (κ2) is 60.1. The van der Waals surface area contributed by atoms with Crippen molar-refractivity contribution in [3.8, 4) is 0 Å². The molecule has 1 atom stereocenters. The first-order valence-electron chi connectivity index (χ1n) is 30.6. The molecule has 0 saturated heterocycles. The normalized spacial score (nSPS) is 12.7. The molecular weight excluding hydrogens is 889 g/mol. The molecule has 0 fully saturated rings. The molecule has 0 aromatic rings. The molecule has 0 rings (SSSR count). The van der Waals surface area contributed by atoms with Crippen LogP contribution in [0.15, 0.2) is 85.1 Å². The van der Waals surface area contributed by atoms with Crippen LogP contribution >= 0.6 is 0 Å². The van der Waals surface area contributed by atoms with Gasteiger partial charge in [-0.15, -0.1) is 0 Å². The topological polar surface area (TPSA) is 78.9 Å². The summed E-state index contributed by atoms with van der Waals surface area (Å²) in [4.78, 5) is 38.1. The third-order valence-corrected chi connectivity index (χ3v) is 13.2. The minimum Gasteiger partial charge on any atom is -0.462 e. The van der Waals surface area contributed by atoms with Crippen LogP contribution in [-0.2, 0) is 28.6 Å². The molecule has 0 spiro atoms. The second-order valence-electron chi connectivity index (χ2n) is 20.2. The van der Waals surface area contributed by atoms with Crippen molar-refractivity contribution < 1.29 is 28.6 Å². The zero-order valence-corrected chi connectivity index (χ0v) is 47.4. The van der Waals surface area contributed by atoms with Crippen molar-refractivity contribution in [3.63, 3.8) is 0 Å². The predicted molar refractivity (Wildman–Crippen MR) is 311 cm³/mol.